The SMILES string of the molecule is CCOc1ccc(S(=O)(=O)NC2CN(C)CC2C)cc1. The van der Waals surface area contributed by atoms with E-state index in [0.717, 1.165) is 13.1 Å². The molecule has 1 aliphatic rings. The molecule has 1 heterocycles. The Morgan fingerprint density at radius 3 is 2.45 bits per heavy atom. The second kappa shape index (κ2) is 6.11. The van der Waals surface area contributed by atoms with Gasteiger partial charge in [-0.05, 0) is 44.2 Å². The van der Waals surface area contributed by atoms with Crippen molar-refractivity contribution in [1.29, 1.82) is 0 Å². The third-order valence-corrected chi connectivity index (χ3v) is 5.05. The summed E-state index contributed by atoms with van der Waals surface area (Å²) >= 11 is 0. The van der Waals surface area contributed by atoms with Crippen LogP contribution in [-0.4, -0.2) is 46.1 Å². The van der Waals surface area contributed by atoms with Gasteiger partial charge in [0, 0.05) is 19.1 Å². The zero-order valence-electron chi connectivity index (χ0n) is 12.2. The van der Waals surface area contributed by atoms with E-state index in [1.807, 2.05) is 14.0 Å². The third-order valence-electron chi connectivity index (χ3n) is 3.55. The summed E-state index contributed by atoms with van der Waals surface area (Å²) < 4.78 is 32.8. The Hall–Kier alpha value is -1.11. The summed E-state index contributed by atoms with van der Waals surface area (Å²) in [5.74, 6) is 0.998. The van der Waals surface area contributed by atoms with E-state index in [0.29, 0.717) is 18.3 Å². The van der Waals surface area contributed by atoms with Crippen molar-refractivity contribution >= 4 is 10.0 Å². The average Bonchev–Trinajstić information content (AvgIpc) is 2.68. The molecule has 0 saturated carbocycles. The predicted octanol–water partition coefficient (Wildman–Crippen LogP) is 1.31. The topological polar surface area (TPSA) is 58.6 Å². The largest absolute Gasteiger partial charge is 0.494 e. The van der Waals surface area contributed by atoms with Crippen LogP contribution in [0.25, 0.3) is 0 Å². The Balaban J connectivity index is 2.10. The zero-order chi connectivity index (χ0) is 14.8. The first-order valence-corrected chi connectivity index (χ1v) is 8.34. The Bertz CT molecular complexity index is 542. The molecule has 2 atom stereocenters. The Morgan fingerprint density at radius 2 is 1.95 bits per heavy atom. The summed E-state index contributed by atoms with van der Waals surface area (Å²) in [5.41, 5.74) is 0. The number of likely N-dealkylation sites (N-methyl/N-ethyl adjacent to an activating group) is 1. The summed E-state index contributed by atoms with van der Waals surface area (Å²) in [6.45, 7) is 6.18. The molecule has 2 rings (SSSR count). The minimum atomic E-state index is -3.46. The molecule has 1 aromatic carbocycles. The second-order valence-electron chi connectivity index (χ2n) is 5.33. The van der Waals surface area contributed by atoms with Crippen molar-refractivity contribution in [2.75, 3.05) is 26.7 Å². The molecule has 0 aromatic heterocycles. The van der Waals surface area contributed by atoms with E-state index >= 15 is 0 Å². The van der Waals surface area contributed by atoms with Gasteiger partial charge in [-0.15, -0.1) is 0 Å². The molecule has 2 unspecified atom stereocenters. The number of rotatable bonds is 5. The quantitative estimate of drug-likeness (QED) is 0.890. The second-order valence-corrected chi connectivity index (χ2v) is 7.04. The van der Waals surface area contributed by atoms with Gasteiger partial charge in [0.2, 0.25) is 10.0 Å². The third kappa shape index (κ3) is 3.50. The molecule has 0 bridgehead atoms. The van der Waals surface area contributed by atoms with Gasteiger partial charge in [0.05, 0.1) is 11.5 Å². The molecule has 0 spiro atoms. The molecule has 6 heteroatoms. The van der Waals surface area contributed by atoms with Crippen molar-refractivity contribution in [1.82, 2.24) is 9.62 Å². The monoisotopic (exact) mass is 298 g/mol. The van der Waals surface area contributed by atoms with E-state index in [2.05, 4.69) is 16.5 Å². The van der Waals surface area contributed by atoms with Gasteiger partial charge in [-0.3, -0.25) is 0 Å². The van der Waals surface area contributed by atoms with Crippen LogP contribution in [0, 0.1) is 5.92 Å². The first-order chi connectivity index (χ1) is 9.42. The van der Waals surface area contributed by atoms with E-state index < -0.39 is 10.0 Å². The lowest BCUT2D eigenvalue weighted by molar-refractivity contribution is 0.340. The highest BCUT2D eigenvalue weighted by atomic mass is 32.2. The number of nitrogens with one attached hydrogen (secondary N) is 1. The van der Waals surface area contributed by atoms with Crippen LogP contribution >= 0.6 is 0 Å². The number of nitrogens with zero attached hydrogens (tertiary/aromatic N) is 1. The molecular formula is C14H22N2O3S. The summed E-state index contributed by atoms with van der Waals surface area (Å²) in [6.07, 6.45) is 0. The van der Waals surface area contributed by atoms with E-state index in [1.165, 1.54) is 0 Å². The van der Waals surface area contributed by atoms with Gasteiger partial charge in [0.25, 0.3) is 0 Å². The first kappa shape index (κ1) is 15.3. The minimum absolute atomic E-state index is 0.0310. The standard InChI is InChI=1S/C14H22N2O3S/c1-4-19-12-5-7-13(8-6-12)20(17,18)15-14-10-16(3)9-11(14)2/h5-8,11,14-15H,4,9-10H2,1-3H3. The van der Waals surface area contributed by atoms with Gasteiger partial charge in [-0.2, -0.15) is 0 Å². The molecule has 112 valence electrons. The maximum Gasteiger partial charge on any atom is 0.240 e. The van der Waals surface area contributed by atoms with Gasteiger partial charge < -0.3 is 9.64 Å². The molecule has 1 aliphatic heterocycles. The van der Waals surface area contributed by atoms with Crippen LogP contribution in [0.2, 0.25) is 0 Å². The Labute approximate surface area is 121 Å². The highest BCUT2D eigenvalue weighted by molar-refractivity contribution is 7.89. The van der Waals surface area contributed by atoms with E-state index in [-0.39, 0.29) is 10.9 Å². The van der Waals surface area contributed by atoms with Gasteiger partial charge in [-0.25, -0.2) is 13.1 Å². The fourth-order valence-corrected chi connectivity index (χ4v) is 3.85. The molecule has 5 nitrogen and oxygen atoms in total. The number of ether oxygens (including phenoxy) is 1. The average molecular weight is 298 g/mol. The number of hydrogen-bond donors (Lipinski definition) is 1. The molecule has 1 saturated heterocycles. The smallest absolute Gasteiger partial charge is 0.240 e. The summed E-state index contributed by atoms with van der Waals surface area (Å²) in [7, 11) is -1.46. The fourth-order valence-electron chi connectivity index (χ4n) is 2.51. The highest BCUT2D eigenvalue weighted by Gasteiger charge is 2.31. The minimum Gasteiger partial charge on any atom is -0.494 e. The van der Waals surface area contributed by atoms with Crippen LogP contribution in [0.1, 0.15) is 13.8 Å². The summed E-state index contributed by atoms with van der Waals surface area (Å²) in [5, 5.41) is 0. The van der Waals surface area contributed by atoms with E-state index in [1.54, 1.807) is 24.3 Å². The number of sulfonamides is 1. The van der Waals surface area contributed by atoms with Crippen LogP contribution in [0.5, 0.6) is 5.75 Å². The summed E-state index contributed by atoms with van der Waals surface area (Å²) in [4.78, 5) is 2.42. The number of likely N-dealkylation sites (tertiary alicyclic amines) is 1. The van der Waals surface area contributed by atoms with Crippen LogP contribution in [0.4, 0.5) is 0 Å². The molecule has 1 fully saturated rings. The van der Waals surface area contributed by atoms with Crippen molar-refractivity contribution < 1.29 is 13.2 Å². The maximum atomic E-state index is 12.3. The molecule has 0 radical (unpaired) electrons. The van der Waals surface area contributed by atoms with Crippen molar-refractivity contribution in [3.05, 3.63) is 24.3 Å². The highest BCUT2D eigenvalue weighted by Crippen LogP contribution is 2.19. The van der Waals surface area contributed by atoms with E-state index in [4.69, 9.17) is 4.74 Å². The summed E-state index contributed by atoms with van der Waals surface area (Å²) in [6, 6.07) is 6.49. The zero-order valence-corrected chi connectivity index (χ0v) is 13.0. The lowest BCUT2D eigenvalue weighted by Gasteiger charge is -2.16. The molecule has 1 N–H and O–H groups in total. The lowest BCUT2D eigenvalue weighted by Crippen LogP contribution is -2.39. The van der Waals surface area contributed by atoms with E-state index in [9.17, 15) is 8.42 Å². The number of hydrogen-bond acceptors (Lipinski definition) is 4. The predicted molar refractivity (Wildman–Crippen MR) is 78.4 cm³/mol. The van der Waals surface area contributed by atoms with Gasteiger partial charge in [-0.1, -0.05) is 6.92 Å². The normalized spacial score (nSPS) is 23.9. The van der Waals surface area contributed by atoms with Crippen LogP contribution in [0.3, 0.4) is 0 Å². The molecule has 0 aliphatic carbocycles. The van der Waals surface area contributed by atoms with Crippen LogP contribution < -0.4 is 9.46 Å². The molecular weight excluding hydrogens is 276 g/mol. The van der Waals surface area contributed by atoms with Gasteiger partial charge in [0.1, 0.15) is 5.75 Å². The van der Waals surface area contributed by atoms with Crippen molar-refractivity contribution in [3.8, 4) is 5.75 Å². The van der Waals surface area contributed by atoms with Gasteiger partial charge >= 0.3 is 0 Å². The fraction of sp³-hybridized carbons (Fsp3) is 0.571. The Kier molecular flexibility index (Phi) is 4.67. The molecule has 1 aromatic rings. The van der Waals surface area contributed by atoms with Crippen LogP contribution in [0.15, 0.2) is 29.2 Å². The number of benzene rings is 1. The van der Waals surface area contributed by atoms with Crippen LogP contribution in [-0.2, 0) is 10.0 Å². The lowest BCUT2D eigenvalue weighted by atomic mass is 10.1. The van der Waals surface area contributed by atoms with Gasteiger partial charge in [0.15, 0.2) is 0 Å². The maximum absolute atomic E-state index is 12.3. The van der Waals surface area contributed by atoms with Crippen molar-refractivity contribution in [2.24, 2.45) is 5.92 Å². The van der Waals surface area contributed by atoms with Crippen molar-refractivity contribution in [3.63, 3.8) is 0 Å². The van der Waals surface area contributed by atoms with Crippen molar-refractivity contribution in [2.45, 2.75) is 24.8 Å². The first-order valence-electron chi connectivity index (χ1n) is 6.86. The Morgan fingerprint density at radius 1 is 1.30 bits per heavy atom. The molecule has 20 heavy (non-hydrogen) atoms. The molecule has 0 amide bonds.